The molecule has 1 amide bonds. The number of nitrogens with one attached hydrogen (secondary N) is 1. The van der Waals surface area contributed by atoms with E-state index in [1.54, 1.807) is 0 Å². The highest BCUT2D eigenvalue weighted by atomic mass is 32.2. The SMILES string of the molecule is CC(SCC(=O)N(C)CC(=O)O)c1nc2ccccc2[nH]1. The first kappa shape index (κ1) is 15.4. The molecule has 0 fully saturated rings. The van der Waals surface area contributed by atoms with Crippen LogP contribution in [0.5, 0.6) is 0 Å². The number of imidazole rings is 1. The van der Waals surface area contributed by atoms with Crippen molar-refractivity contribution in [2.24, 2.45) is 0 Å². The molecule has 112 valence electrons. The van der Waals surface area contributed by atoms with Gasteiger partial charge in [0, 0.05) is 7.05 Å². The van der Waals surface area contributed by atoms with Gasteiger partial charge < -0.3 is 15.0 Å². The summed E-state index contributed by atoms with van der Waals surface area (Å²) in [5, 5.41) is 8.68. The van der Waals surface area contributed by atoms with Crippen LogP contribution in [0.15, 0.2) is 24.3 Å². The van der Waals surface area contributed by atoms with Gasteiger partial charge in [-0.1, -0.05) is 12.1 Å². The summed E-state index contributed by atoms with van der Waals surface area (Å²) in [6.45, 7) is 1.69. The van der Waals surface area contributed by atoms with Gasteiger partial charge in [0.2, 0.25) is 5.91 Å². The van der Waals surface area contributed by atoms with Gasteiger partial charge in [0.25, 0.3) is 0 Å². The van der Waals surface area contributed by atoms with Crippen LogP contribution >= 0.6 is 11.8 Å². The Bertz CT molecular complexity index is 623. The minimum Gasteiger partial charge on any atom is -0.480 e. The molecule has 0 spiro atoms. The number of likely N-dealkylation sites (N-methyl/N-ethyl adjacent to an activating group) is 1. The average Bonchev–Trinajstić information content (AvgIpc) is 2.87. The van der Waals surface area contributed by atoms with Crippen LogP contribution in [-0.2, 0) is 9.59 Å². The number of aromatic amines is 1. The molecule has 0 aliphatic carbocycles. The van der Waals surface area contributed by atoms with Crippen molar-refractivity contribution in [2.45, 2.75) is 12.2 Å². The molecule has 1 heterocycles. The molecule has 2 rings (SSSR count). The number of carboxylic acid groups (broad SMARTS) is 1. The van der Waals surface area contributed by atoms with Gasteiger partial charge in [-0.3, -0.25) is 9.59 Å². The summed E-state index contributed by atoms with van der Waals surface area (Å²) in [6.07, 6.45) is 0. The number of nitrogens with zero attached hydrogens (tertiary/aromatic N) is 2. The maximum atomic E-state index is 11.8. The first-order valence-corrected chi connectivity index (χ1v) is 7.54. The zero-order valence-corrected chi connectivity index (χ0v) is 12.7. The lowest BCUT2D eigenvalue weighted by molar-refractivity contribution is -0.142. The Balaban J connectivity index is 1.93. The van der Waals surface area contributed by atoms with Crippen molar-refractivity contribution >= 4 is 34.7 Å². The fraction of sp³-hybridized carbons (Fsp3) is 0.357. The van der Waals surface area contributed by atoms with E-state index in [9.17, 15) is 9.59 Å². The van der Waals surface area contributed by atoms with E-state index in [4.69, 9.17) is 5.11 Å². The summed E-state index contributed by atoms with van der Waals surface area (Å²) in [5.74, 6) is -0.177. The first-order chi connectivity index (χ1) is 9.97. The molecule has 1 aromatic heterocycles. The Morgan fingerprint density at radius 1 is 1.43 bits per heavy atom. The molecule has 1 aromatic carbocycles. The number of amides is 1. The largest absolute Gasteiger partial charge is 0.480 e. The lowest BCUT2D eigenvalue weighted by Gasteiger charge is -2.15. The summed E-state index contributed by atoms with van der Waals surface area (Å²) in [7, 11) is 1.49. The van der Waals surface area contributed by atoms with Gasteiger partial charge in [0.05, 0.1) is 22.0 Å². The highest BCUT2D eigenvalue weighted by Gasteiger charge is 2.16. The zero-order chi connectivity index (χ0) is 15.4. The van der Waals surface area contributed by atoms with E-state index in [-0.39, 0.29) is 23.5 Å². The van der Waals surface area contributed by atoms with Crippen molar-refractivity contribution in [1.82, 2.24) is 14.9 Å². The van der Waals surface area contributed by atoms with Gasteiger partial charge in [-0.05, 0) is 19.1 Å². The minimum absolute atomic E-state index is 0.0274. The van der Waals surface area contributed by atoms with Crippen molar-refractivity contribution in [3.63, 3.8) is 0 Å². The first-order valence-electron chi connectivity index (χ1n) is 6.49. The maximum absolute atomic E-state index is 11.8. The lowest BCUT2D eigenvalue weighted by atomic mass is 10.3. The van der Waals surface area contributed by atoms with Crippen LogP contribution in [0.2, 0.25) is 0 Å². The normalized spacial score (nSPS) is 12.3. The lowest BCUT2D eigenvalue weighted by Crippen LogP contribution is -2.33. The summed E-state index contributed by atoms with van der Waals surface area (Å²) < 4.78 is 0. The molecule has 0 saturated heterocycles. The summed E-state index contributed by atoms with van der Waals surface area (Å²) in [6, 6.07) is 7.75. The number of carbonyl (C=O) groups excluding carboxylic acids is 1. The molecule has 2 aromatic rings. The molecular weight excluding hydrogens is 290 g/mol. The van der Waals surface area contributed by atoms with Crippen molar-refractivity contribution in [1.29, 1.82) is 0 Å². The third-order valence-corrected chi connectivity index (χ3v) is 4.18. The Morgan fingerprint density at radius 3 is 2.81 bits per heavy atom. The molecule has 21 heavy (non-hydrogen) atoms. The maximum Gasteiger partial charge on any atom is 0.323 e. The Labute approximate surface area is 126 Å². The van der Waals surface area contributed by atoms with Crippen LogP contribution in [0.3, 0.4) is 0 Å². The Hall–Kier alpha value is -2.02. The summed E-state index contributed by atoms with van der Waals surface area (Å²) >= 11 is 1.43. The molecule has 2 N–H and O–H groups in total. The average molecular weight is 307 g/mol. The number of H-pyrrole nitrogens is 1. The second-order valence-corrected chi connectivity index (χ2v) is 6.07. The molecule has 0 aliphatic rings. The van der Waals surface area contributed by atoms with Gasteiger partial charge in [0.15, 0.2) is 0 Å². The van der Waals surface area contributed by atoms with Crippen LogP contribution in [0.1, 0.15) is 18.0 Å². The number of benzene rings is 1. The zero-order valence-electron chi connectivity index (χ0n) is 11.9. The molecule has 1 atom stereocenters. The summed E-state index contributed by atoms with van der Waals surface area (Å²) in [4.78, 5) is 31.3. The predicted molar refractivity (Wildman–Crippen MR) is 82.2 cm³/mol. The third kappa shape index (κ3) is 3.98. The topological polar surface area (TPSA) is 86.3 Å². The Kier molecular flexibility index (Phi) is 4.85. The number of hydrogen-bond donors (Lipinski definition) is 2. The summed E-state index contributed by atoms with van der Waals surface area (Å²) in [5.41, 5.74) is 1.86. The fourth-order valence-corrected chi connectivity index (χ4v) is 2.72. The molecule has 6 nitrogen and oxygen atoms in total. The number of aromatic nitrogens is 2. The fourth-order valence-electron chi connectivity index (χ4n) is 1.84. The second-order valence-electron chi connectivity index (χ2n) is 4.74. The number of para-hydroxylation sites is 2. The van der Waals surface area contributed by atoms with E-state index >= 15 is 0 Å². The molecule has 0 radical (unpaired) electrons. The number of aliphatic carboxylic acids is 1. The van der Waals surface area contributed by atoms with Gasteiger partial charge in [-0.15, -0.1) is 11.8 Å². The predicted octanol–water partition coefficient (Wildman–Crippen LogP) is 1.90. The van der Waals surface area contributed by atoms with Crippen molar-refractivity contribution in [3.8, 4) is 0 Å². The van der Waals surface area contributed by atoms with Crippen molar-refractivity contribution in [2.75, 3.05) is 19.3 Å². The molecule has 1 unspecified atom stereocenters. The van der Waals surface area contributed by atoms with Crippen LogP contribution in [-0.4, -0.2) is 51.2 Å². The molecule has 0 bridgehead atoms. The quantitative estimate of drug-likeness (QED) is 0.851. The molecular formula is C14H17N3O3S. The number of fused-ring (bicyclic) bond motifs is 1. The van der Waals surface area contributed by atoms with E-state index < -0.39 is 5.97 Å². The smallest absolute Gasteiger partial charge is 0.323 e. The number of carboxylic acids is 1. The monoisotopic (exact) mass is 307 g/mol. The minimum atomic E-state index is -1.01. The van der Waals surface area contributed by atoms with Crippen LogP contribution in [0.25, 0.3) is 11.0 Å². The van der Waals surface area contributed by atoms with Gasteiger partial charge in [0.1, 0.15) is 12.4 Å². The van der Waals surface area contributed by atoms with Crippen LogP contribution < -0.4 is 0 Å². The van der Waals surface area contributed by atoms with Gasteiger partial charge in [-0.2, -0.15) is 0 Å². The van der Waals surface area contributed by atoms with E-state index in [0.29, 0.717) is 0 Å². The van der Waals surface area contributed by atoms with E-state index in [0.717, 1.165) is 16.9 Å². The molecule has 7 heteroatoms. The Morgan fingerprint density at radius 2 is 2.14 bits per heavy atom. The highest BCUT2D eigenvalue weighted by molar-refractivity contribution is 8.00. The van der Waals surface area contributed by atoms with Gasteiger partial charge >= 0.3 is 5.97 Å². The highest BCUT2D eigenvalue weighted by Crippen LogP contribution is 2.27. The van der Waals surface area contributed by atoms with E-state index in [1.807, 2.05) is 31.2 Å². The van der Waals surface area contributed by atoms with Crippen LogP contribution in [0.4, 0.5) is 0 Å². The number of carbonyl (C=O) groups is 2. The van der Waals surface area contributed by atoms with E-state index in [1.165, 1.54) is 23.7 Å². The molecule has 0 saturated carbocycles. The van der Waals surface area contributed by atoms with Crippen LogP contribution in [0, 0.1) is 0 Å². The second kappa shape index (κ2) is 6.62. The van der Waals surface area contributed by atoms with Crippen molar-refractivity contribution in [3.05, 3.63) is 30.1 Å². The number of thioether (sulfide) groups is 1. The van der Waals surface area contributed by atoms with Gasteiger partial charge in [-0.25, -0.2) is 4.98 Å². The molecule has 0 aliphatic heterocycles. The standard InChI is InChI=1S/C14H17N3O3S/c1-9(21-8-12(18)17(2)7-13(19)20)14-15-10-5-3-4-6-11(10)16-14/h3-6,9H,7-8H2,1-2H3,(H,15,16)(H,19,20). The third-order valence-electron chi connectivity index (χ3n) is 3.05. The van der Waals surface area contributed by atoms with Crippen molar-refractivity contribution < 1.29 is 14.7 Å². The van der Waals surface area contributed by atoms with E-state index in [2.05, 4.69) is 9.97 Å². The number of rotatable bonds is 6. The number of hydrogen-bond acceptors (Lipinski definition) is 4.